The molecule has 3 aromatic rings. The quantitative estimate of drug-likeness (QED) is 0.380. The molecule has 0 heterocycles. The van der Waals surface area contributed by atoms with Gasteiger partial charge in [-0.2, -0.15) is 0 Å². The number of hydrogen-bond donors (Lipinski definition) is 1. The first-order chi connectivity index (χ1) is 15.8. The van der Waals surface area contributed by atoms with Crippen LogP contribution in [0.2, 0.25) is 13.1 Å². The molecule has 0 fully saturated rings. The highest BCUT2D eigenvalue weighted by Crippen LogP contribution is 2.54. The number of hydrogen-bond acceptors (Lipinski definition) is 1. The average Bonchev–Trinajstić information content (AvgIpc) is 3.11. The molecule has 2 aliphatic rings. The van der Waals surface area contributed by atoms with E-state index in [1.807, 2.05) is 0 Å². The van der Waals surface area contributed by atoms with Crippen molar-refractivity contribution in [3.8, 4) is 11.1 Å². The van der Waals surface area contributed by atoms with E-state index in [0.717, 1.165) is 0 Å². The Morgan fingerprint density at radius 2 is 1.29 bits per heavy atom. The number of nitrogens with one attached hydrogen (secondary N) is 1. The summed E-state index contributed by atoms with van der Waals surface area (Å²) in [5.41, 5.74) is 11.3. The first-order valence-electron chi connectivity index (χ1n) is 13.0. The molecule has 1 atom stereocenters. The van der Waals surface area contributed by atoms with Crippen LogP contribution in [0.5, 0.6) is 0 Å². The van der Waals surface area contributed by atoms with Crippen LogP contribution in [0.15, 0.2) is 66.7 Å². The normalized spacial score (nSPS) is 20.4. The molecular weight excluding hydrogens is 426 g/mol. The van der Waals surface area contributed by atoms with Gasteiger partial charge in [0.1, 0.15) is 8.24 Å². The summed E-state index contributed by atoms with van der Waals surface area (Å²) < 4.78 is 0. The molecule has 2 heteroatoms. The fourth-order valence-electron chi connectivity index (χ4n) is 6.85. The molecule has 178 valence electrons. The zero-order chi connectivity index (χ0) is 24.5. The molecule has 0 saturated heterocycles. The minimum Gasteiger partial charge on any atom is -0.328 e. The van der Waals surface area contributed by atoms with Gasteiger partial charge in [0, 0.05) is 11.1 Å². The third-order valence-electron chi connectivity index (χ3n) is 8.75. The maximum atomic E-state index is 4.23. The summed E-state index contributed by atoms with van der Waals surface area (Å²) in [5.74, 6) is 0. The van der Waals surface area contributed by atoms with Crippen molar-refractivity contribution in [1.29, 1.82) is 0 Å². The Hall–Kier alpha value is -2.16. The zero-order valence-corrected chi connectivity index (χ0v) is 23.3. The second kappa shape index (κ2) is 7.67. The molecule has 0 saturated carbocycles. The van der Waals surface area contributed by atoms with Crippen LogP contribution in [0.1, 0.15) is 87.7 Å². The van der Waals surface area contributed by atoms with Gasteiger partial charge in [-0.3, -0.25) is 0 Å². The van der Waals surface area contributed by atoms with Crippen molar-refractivity contribution in [2.24, 2.45) is 0 Å². The molecule has 2 aliphatic carbocycles. The van der Waals surface area contributed by atoms with Crippen molar-refractivity contribution < 1.29 is 0 Å². The summed E-state index contributed by atoms with van der Waals surface area (Å²) in [6.45, 7) is 19.5. The van der Waals surface area contributed by atoms with Crippen LogP contribution in [-0.2, 0) is 16.4 Å². The van der Waals surface area contributed by atoms with Gasteiger partial charge < -0.3 is 4.98 Å². The molecule has 1 unspecified atom stereocenters. The van der Waals surface area contributed by atoms with Crippen molar-refractivity contribution in [3.05, 3.63) is 94.5 Å². The standard InChI is InChI=1S/C32H41NSi/c1-30(2)18-19-31(3,4)28-21-26-25(20-27(28)30)23-16-12-13-17-24(23)29(26)34(7,8)33-32(5,6)22-14-10-9-11-15-22/h9-17,20-21,29,33H,18-19H2,1-8H3. The van der Waals surface area contributed by atoms with Gasteiger partial charge in [0.25, 0.3) is 0 Å². The minimum absolute atomic E-state index is 0.0792. The molecule has 0 aliphatic heterocycles. The summed E-state index contributed by atoms with van der Waals surface area (Å²) in [6.07, 6.45) is 2.51. The van der Waals surface area contributed by atoms with Crippen LogP contribution in [0.25, 0.3) is 11.1 Å². The van der Waals surface area contributed by atoms with Crippen molar-refractivity contribution in [2.75, 3.05) is 0 Å². The fraction of sp³-hybridized carbons (Fsp3) is 0.438. The number of fused-ring (bicyclic) bond motifs is 4. The van der Waals surface area contributed by atoms with Crippen molar-refractivity contribution >= 4 is 8.24 Å². The van der Waals surface area contributed by atoms with Gasteiger partial charge in [-0.25, -0.2) is 0 Å². The third kappa shape index (κ3) is 3.70. The van der Waals surface area contributed by atoms with E-state index >= 15 is 0 Å². The first kappa shape index (κ1) is 23.6. The monoisotopic (exact) mass is 467 g/mol. The van der Waals surface area contributed by atoms with Gasteiger partial charge in [-0.05, 0) is 76.5 Å². The lowest BCUT2D eigenvalue weighted by Gasteiger charge is -2.43. The lowest BCUT2D eigenvalue weighted by atomic mass is 9.62. The molecular formula is C32H41NSi. The molecule has 0 amide bonds. The van der Waals surface area contributed by atoms with Crippen LogP contribution in [-0.4, -0.2) is 8.24 Å². The lowest BCUT2D eigenvalue weighted by Crippen LogP contribution is -2.57. The highest BCUT2D eigenvalue weighted by atomic mass is 28.3. The first-order valence-corrected chi connectivity index (χ1v) is 16.0. The van der Waals surface area contributed by atoms with Crippen LogP contribution >= 0.6 is 0 Å². The summed E-state index contributed by atoms with van der Waals surface area (Å²) in [6, 6.07) is 25.3. The van der Waals surface area contributed by atoms with E-state index in [1.165, 1.54) is 35.1 Å². The molecule has 0 radical (unpaired) electrons. The van der Waals surface area contributed by atoms with Gasteiger partial charge in [-0.15, -0.1) is 0 Å². The number of benzene rings is 3. The van der Waals surface area contributed by atoms with E-state index in [4.69, 9.17) is 0 Å². The Morgan fingerprint density at radius 3 is 1.94 bits per heavy atom. The molecule has 3 aromatic carbocycles. The minimum atomic E-state index is -1.97. The molecule has 0 aromatic heterocycles. The average molecular weight is 468 g/mol. The topological polar surface area (TPSA) is 12.0 Å². The van der Waals surface area contributed by atoms with Gasteiger partial charge in [0.05, 0.1) is 0 Å². The molecule has 34 heavy (non-hydrogen) atoms. The maximum Gasteiger partial charge on any atom is 0.132 e. The zero-order valence-electron chi connectivity index (χ0n) is 22.3. The van der Waals surface area contributed by atoms with E-state index in [-0.39, 0.29) is 16.4 Å². The van der Waals surface area contributed by atoms with E-state index < -0.39 is 8.24 Å². The fourth-order valence-corrected chi connectivity index (χ4v) is 10.8. The van der Waals surface area contributed by atoms with Crippen molar-refractivity contribution in [1.82, 2.24) is 4.98 Å². The second-order valence-electron chi connectivity index (χ2n) is 13.1. The Bertz CT molecular complexity index is 1230. The van der Waals surface area contributed by atoms with Gasteiger partial charge >= 0.3 is 0 Å². The highest BCUT2D eigenvalue weighted by molar-refractivity contribution is 6.77. The van der Waals surface area contributed by atoms with E-state index in [1.54, 1.807) is 16.7 Å². The van der Waals surface area contributed by atoms with Crippen LogP contribution in [0.3, 0.4) is 0 Å². The Balaban J connectivity index is 1.67. The van der Waals surface area contributed by atoms with Crippen LogP contribution < -0.4 is 4.98 Å². The Morgan fingerprint density at radius 1 is 0.735 bits per heavy atom. The van der Waals surface area contributed by atoms with Gasteiger partial charge in [0.15, 0.2) is 0 Å². The second-order valence-corrected chi connectivity index (χ2v) is 17.4. The molecule has 0 bridgehead atoms. The largest absolute Gasteiger partial charge is 0.328 e. The molecule has 1 N–H and O–H groups in total. The summed E-state index contributed by atoms with van der Waals surface area (Å²) in [4.78, 5) is 4.23. The van der Waals surface area contributed by atoms with Gasteiger partial charge in [-0.1, -0.05) is 108 Å². The third-order valence-corrected chi connectivity index (χ3v) is 12.1. The van der Waals surface area contributed by atoms with Gasteiger partial charge in [0.2, 0.25) is 0 Å². The number of rotatable bonds is 4. The maximum absolute atomic E-state index is 4.23. The van der Waals surface area contributed by atoms with Crippen molar-refractivity contribution in [2.45, 2.75) is 89.4 Å². The predicted molar refractivity (Wildman–Crippen MR) is 149 cm³/mol. The molecule has 0 spiro atoms. The smallest absolute Gasteiger partial charge is 0.132 e. The Kier molecular flexibility index (Phi) is 5.32. The van der Waals surface area contributed by atoms with Crippen molar-refractivity contribution in [3.63, 3.8) is 0 Å². The predicted octanol–water partition coefficient (Wildman–Crippen LogP) is 8.42. The summed E-state index contributed by atoms with van der Waals surface area (Å²) in [7, 11) is -1.97. The van der Waals surface area contributed by atoms with Crippen LogP contribution in [0, 0.1) is 0 Å². The highest BCUT2D eigenvalue weighted by Gasteiger charge is 2.46. The molecule has 5 rings (SSSR count). The van der Waals surface area contributed by atoms with E-state index in [9.17, 15) is 0 Å². The van der Waals surface area contributed by atoms with Crippen LogP contribution in [0.4, 0.5) is 0 Å². The summed E-state index contributed by atoms with van der Waals surface area (Å²) >= 11 is 0. The lowest BCUT2D eigenvalue weighted by molar-refractivity contribution is 0.332. The summed E-state index contributed by atoms with van der Waals surface area (Å²) in [5, 5.41) is 0. The molecule has 1 nitrogen and oxygen atoms in total. The van der Waals surface area contributed by atoms with E-state index in [0.29, 0.717) is 5.54 Å². The van der Waals surface area contributed by atoms with E-state index in [2.05, 4.69) is 126 Å². The SMILES string of the molecule is CC1(C)CCC(C)(C)c2cc3c(cc21)-c1ccccc1C3[Si](C)(C)NC(C)(C)c1ccccc1. The Labute approximate surface area is 208 Å².